The third-order valence-corrected chi connectivity index (χ3v) is 6.46. The van der Waals surface area contributed by atoms with Gasteiger partial charge in [-0.15, -0.1) is 0 Å². The smallest absolute Gasteiger partial charge is 0.337 e. The summed E-state index contributed by atoms with van der Waals surface area (Å²) in [6.45, 7) is 5.76. The molecular formula is C26H24ClN3O3S. The van der Waals surface area contributed by atoms with E-state index in [1.165, 1.54) is 17.8 Å². The number of amides is 1. The van der Waals surface area contributed by atoms with E-state index < -0.39 is 11.9 Å². The lowest BCUT2D eigenvalue weighted by Crippen LogP contribution is -2.30. The Balaban J connectivity index is 1.86. The van der Waals surface area contributed by atoms with Crippen LogP contribution in [0.3, 0.4) is 0 Å². The lowest BCUT2D eigenvalue weighted by Gasteiger charge is -2.29. The van der Waals surface area contributed by atoms with E-state index in [4.69, 9.17) is 16.3 Å². The molecule has 1 aliphatic heterocycles. The van der Waals surface area contributed by atoms with Crippen LogP contribution in [0.4, 0.5) is 0 Å². The highest BCUT2D eigenvalue weighted by Crippen LogP contribution is 2.43. The van der Waals surface area contributed by atoms with Gasteiger partial charge in [0.05, 0.1) is 33.9 Å². The number of nitrogens with zero attached hydrogens (tertiary/aromatic N) is 1. The number of carbonyl (C=O) groups excluding carboxylic acids is 2. The van der Waals surface area contributed by atoms with Crippen LogP contribution in [-0.4, -0.2) is 24.2 Å². The van der Waals surface area contributed by atoms with Gasteiger partial charge in [0.2, 0.25) is 5.91 Å². The van der Waals surface area contributed by atoms with Gasteiger partial charge in [0.15, 0.2) is 0 Å². The van der Waals surface area contributed by atoms with Crippen LogP contribution >= 0.6 is 23.4 Å². The zero-order valence-corrected chi connectivity index (χ0v) is 20.2. The number of nitriles is 1. The minimum atomic E-state index is -0.729. The van der Waals surface area contributed by atoms with Crippen LogP contribution in [0.2, 0.25) is 5.02 Å². The van der Waals surface area contributed by atoms with Crippen LogP contribution in [0.1, 0.15) is 24.0 Å². The lowest BCUT2D eigenvalue weighted by atomic mass is 9.82. The van der Waals surface area contributed by atoms with Crippen LogP contribution < -0.4 is 10.6 Å². The van der Waals surface area contributed by atoms with Crippen molar-refractivity contribution in [2.75, 3.05) is 12.4 Å². The Kier molecular flexibility index (Phi) is 8.97. The lowest BCUT2D eigenvalue weighted by molar-refractivity contribution is -0.138. The molecule has 0 aromatic heterocycles. The van der Waals surface area contributed by atoms with E-state index in [2.05, 4.69) is 23.3 Å². The van der Waals surface area contributed by atoms with E-state index in [9.17, 15) is 14.9 Å². The number of hydrogen-bond donors (Lipinski definition) is 2. The minimum Gasteiger partial charge on any atom is -0.458 e. The molecule has 1 heterocycles. The van der Waals surface area contributed by atoms with E-state index in [-0.39, 0.29) is 18.3 Å². The molecule has 2 aromatic rings. The summed E-state index contributed by atoms with van der Waals surface area (Å²) in [7, 11) is 0. The van der Waals surface area contributed by atoms with Crippen molar-refractivity contribution in [2.24, 2.45) is 0 Å². The van der Waals surface area contributed by atoms with Gasteiger partial charge < -0.3 is 15.4 Å². The second-order valence-electron chi connectivity index (χ2n) is 7.41. The molecule has 0 bridgehead atoms. The molecule has 6 nitrogen and oxygen atoms in total. The molecule has 3 rings (SSSR count). The molecule has 0 saturated heterocycles. The maximum atomic E-state index is 12.9. The number of benzene rings is 2. The van der Waals surface area contributed by atoms with Gasteiger partial charge in [-0.2, -0.15) is 5.26 Å². The fourth-order valence-electron chi connectivity index (χ4n) is 3.51. The summed E-state index contributed by atoms with van der Waals surface area (Å²) in [5.74, 6) is -1.37. The van der Waals surface area contributed by atoms with Crippen molar-refractivity contribution in [3.05, 3.63) is 105 Å². The van der Waals surface area contributed by atoms with E-state index in [0.717, 1.165) is 5.56 Å². The highest BCUT2D eigenvalue weighted by atomic mass is 35.5. The van der Waals surface area contributed by atoms with Gasteiger partial charge in [0.25, 0.3) is 0 Å². The third-order valence-electron chi connectivity index (χ3n) is 5.10. The van der Waals surface area contributed by atoms with Gasteiger partial charge in [0.1, 0.15) is 6.61 Å². The Morgan fingerprint density at radius 2 is 1.94 bits per heavy atom. The first-order valence-corrected chi connectivity index (χ1v) is 11.9. The highest BCUT2D eigenvalue weighted by molar-refractivity contribution is 8.03. The van der Waals surface area contributed by atoms with Crippen molar-refractivity contribution in [1.29, 1.82) is 5.26 Å². The molecule has 0 radical (unpaired) electrons. The summed E-state index contributed by atoms with van der Waals surface area (Å²) in [5, 5.41) is 17.0. The topological polar surface area (TPSA) is 91.2 Å². The number of rotatable bonds is 9. The summed E-state index contributed by atoms with van der Waals surface area (Å²) >= 11 is 7.66. The first kappa shape index (κ1) is 25.2. The Bertz CT molecular complexity index is 1190. The third kappa shape index (κ3) is 6.10. The molecular weight excluding hydrogens is 470 g/mol. The highest BCUT2D eigenvalue weighted by Gasteiger charge is 2.36. The van der Waals surface area contributed by atoms with Gasteiger partial charge in [0, 0.05) is 17.3 Å². The van der Waals surface area contributed by atoms with Gasteiger partial charge in [-0.25, -0.2) is 4.79 Å². The Labute approximate surface area is 208 Å². The van der Waals surface area contributed by atoms with Crippen LogP contribution in [0.15, 0.2) is 89.1 Å². The second-order valence-corrected chi connectivity index (χ2v) is 8.80. The molecule has 8 heteroatoms. The molecule has 0 saturated carbocycles. The largest absolute Gasteiger partial charge is 0.458 e. The number of ether oxygens (including phenoxy) is 1. The van der Waals surface area contributed by atoms with Crippen molar-refractivity contribution in [2.45, 2.75) is 19.4 Å². The van der Waals surface area contributed by atoms with Gasteiger partial charge >= 0.3 is 5.97 Å². The number of thioether (sulfide) groups is 1. The number of hydrogen-bond acceptors (Lipinski definition) is 6. The van der Waals surface area contributed by atoms with Crippen molar-refractivity contribution in [3.63, 3.8) is 0 Å². The van der Waals surface area contributed by atoms with E-state index in [0.29, 0.717) is 39.0 Å². The molecule has 0 aliphatic carbocycles. The zero-order chi connectivity index (χ0) is 24.5. The van der Waals surface area contributed by atoms with Crippen LogP contribution in [0, 0.1) is 11.3 Å². The molecule has 1 unspecified atom stereocenters. The summed E-state index contributed by atoms with van der Waals surface area (Å²) in [6, 6.07) is 18.9. The average Bonchev–Trinajstić information content (AvgIpc) is 2.85. The first-order valence-electron chi connectivity index (χ1n) is 10.5. The number of esters is 1. The Hall–Kier alpha value is -3.47. The van der Waals surface area contributed by atoms with Crippen LogP contribution in [0.5, 0.6) is 0 Å². The van der Waals surface area contributed by atoms with E-state index in [1.54, 1.807) is 31.2 Å². The molecule has 1 atom stereocenters. The van der Waals surface area contributed by atoms with Crippen molar-refractivity contribution >= 4 is 35.2 Å². The number of allylic oxidation sites excluding steroid dienone is 2. The molecule has 2 aromatic carbocycles. The van der Waals surface area contributed by atoms with E-state index in [1.807, 2.05) is 30.3 Å². The minimum absolute atomic E-state index is 0.0413. The number of carbonyl (C=O) groups is 2. The Morgan fingerprint density at radius 1 is 1.24 bits per heavy atom. The van der Waals surface area contributed by atoms with Gasteiger partial charge in [-0.05, 0) is 24.1 Å². The number of nitrogens with one attached hydrogen (secondary N) is 2. The maximum Gasteiger partial charge on any atom is 0.337 e. The first-order chi connectivity index (χ1) is 16.5. The molecule has 34 heavy (non-hydrogen) atoms. The molecule has 1 amide bonds. The van der Waals surface area contributed by atoms with Crippen LogP contribution in [0.25, 0.3) is 0 Å². The van der Waals surface area contributed by atoms with Crippen molar-refractivity contribution in [3.8, 4) is 6.07 Å². The van der Waals surface area contributed by atoms with Crippen LogP contribution in [-0.2, 0) is 20.9 Å². The standard InChI is InChI=1S/C26H24ClN3O3S/c1-3-13-33-26(32)23-17(2)30-25(20(14-28)24(23)19-11-7-8-12-21(19)27)34-16-22(31)29-15-18-9-5-4-6-10-18/h3-12,24,30H,1,13,15-16H2,2H3,(H,29,31). The normalized spacial score (nSPS) is 15.3. The molecule has 2 N–H and O–H groups in total. The summed E-state index contributed by atoms with van der Waals surface area (Å²) in [4.78, 5) is 25.4. The molecule has 1 aliphatic rings. The second kappa shape index (κ2) is 12.1. The van der Waals surface area contributed by atoms with Gasteiger partial charge in [-0.1, -0.05) is 84.5 Å². The van der Waals surface area contributed by atoms with E-state index >= 15 is 0 Å². The maximum absolute atomic E-state index is 12.9. The van der Waals surface area contributed by atoms with Gasteiger partial charge in [-0.3, -0.25) is 4.79 Å². The summed E-state index contributed by atoms with van der Waals surface area (Å²) < 4.78 is 5.29. The monoisotopic (exact) mass is 493 g/mol. The summed E-state index contributed by atoms with van der Waals surface area (Å²) in [6.07, 6.45) is 1.48. The predicted molar refractivity (Wildman–Crippen MR) is 135 cm³/mol. The Morgan fingerprint density at radius 3 is 2.62 bits per heavy atom. The zero-order valence-electron chi connectivity index (χ0n) is 18.6. The van der Waals surface area contributed by atoms with Crippen molar-refractivity contribution in [1.82, 2.24) is 10.6 Å². The fraction of sp³-hybridized carbons (Fsp3) is 0.192. The predicted octanol–water partition coefficient (Wildman–Crippen LogP) is 4.81. The summed E-state index contributed by atoms with van der Waals surface area (Å²) in [5.41, 5.74) is 2.73. The SMILES string of the molecule is C=CCOC(=O)C1=C(C)NC(SCC(=O)NCc2ccccc2)=C(C#N)C1c1ccccc1Cl. The number of dihydropyridines is 1. The van der Waals surface area contributed by atoms with Crippen molar-refractivity contribution < 1.29 is 14.3 Å². The number of halogens is 1. The quantitative estimate of drug-likeness (QED) is 0.384. The molecule has 0 fully saturated rings. The fourth-order valence-corrected chi connectivity index (χ4v) is 4.68. The molecule has 0 spiro atoms. The molecule has 174 valence electrons. The average molecular weight is 494 g/mol.